The van der Waals surface area contributed by atoms with Crippen LogP contribution >= 0.6 is 0 Å². The molecule has 3 rings (SSSR count). The maximum Gasteiger partial charge on any atom is 0.261 e. The second-order valence-electron chi connectivity index (χ2n) is 8.77. The molecule has 0 aromatic heterocycles. The van der Waals surface area contributed by atoms with E-state index >= 15 is 0 Å². The molecule has 3 nitrogen and oxygen atoms in total. The lowest BCUT2D eigenvalue weighted by Crippen LogP contribution is -2.66. The topological polar surface area (TPSA) is 27.7 Å². The summed E-state index contributed by atoms with van der Waals surface area (Å²) < 4.78 is 18.3. The molecule has 1 fully saturated rings. The van der Waals surface area contributed by atoms with Crippen LogP contribution in [0.2, 0.25) is 5.04 Å². The molecule has 0 saturated carbocycles. The van der Waals surface area contributed by atoms with Crippen molar-refractivity contribution in [3.8, 4) is 0 Å². The summed E-state index contributed by atoms with van der Waals surface area (Å²) in [4.78, 5) is 0. The van der Waals surface area contributed by atoms with Gasteiger partial charge in [0.05, 0.1) is 13.2 Å². The highest BCUT2D eigenvalue weighted by atomic mass is 28.4. The van der Waals surface area contributed by atoms with Crippen molar-refractivity contribution in [2.75, 3.05) is 13.2 Å². The number of benzene rings is 2. The van der Waals surface area contributed by atoms with E-state index in [0.29, 0.717) is 13.2 Å². The number of hydrogen-bond acceptors (Lipinski definition) is 3. The van der Waals surface area contributed by atoms with Crippen molar-refractivity contribution in [3.63, 3.8) is 0 Å². The first kappa shape index (κ1) is 21.0. The monoisotopic (exact) mass is 396 g/mol. The predicted octanol–water partition coefficient (Wildman–Crippen LogP) is 4.27. The normalized spacial score (nSPS) is 20.0. The summed E-state index contributed by atoms with van der Waals surface area (Å²) in [7, 11) is -2.48. The smallest absolute Gasteiger partial charge is 0.261 e. The Labute approximate surface area is 170 Å². The highest BCUT2D eigenvalue weighted by Gasteiger charge is 2.49. The van der Waals surface area contributed by atoms with E-state index in [0.717, 1.165) is 0 Å². The molecule has 0 unspecified atom stereocenters. The van der Waals surface area contributed by atoms with Crippen LogP contribution in [0, 0.1) is 0 Å². The quantitative estimate of drug-likeness (QED) is 0.539. The van der Waals surface area contributed by atoms with Crippen molar-refractivity contribution < 1.29 is 13.9 Å². The fourth-order valence-electron chi connectivity index (χ4n) is 3.95. The Morgan fingerprint density at radius 2 is 1.54 bits per heavy atom. The molecule has 150 valence electrons. The Hall–Kier alpha value is -1.72. The van der Waals surface area contributed by atoms with Gasteiger partial charge < -0.3 is 13.9 Å². The SMILES string of the molecule is CC1(C)OC[C@@H](/C=C/CO[Si](c2ccccc2)(c2ccccc2)C(C)(C)C)O1. The Bertz CT molecular complexity index is 739. The third-order valence-corrected chi connectivity index (χ3v) is 10.2. The van der Waals surface area contributed by atoms with Gasteiger partial charge in [0.2, 0.25) is 0 Å². The first-order valence-corrected chi connectivity index (χ1v) is 11.9. The van der Waals surface area contributed by atoms with E-state index in [1.54, 1.807) is 0 Å². The van der Waals surface area contributed by atoms with Gasteiger partial charge in [-0.3, -0.25) is 0 Å². The lowest BCUT2D eigenvalue weighted by Gasteiger charge is -2.42. The molecule has 4 heteroatoms. The van der Waals surface area contributed by atoms with Crippen molar-refractivity contribution in [3.05, 3.63) is 72.8 Å². The second kappa shape index (κ2) is 8.33. The van der Waals surface area contributed by atoms with Crippen LogP contribution in [0.1, 0.15) is 34.6 Å². The summed E-state index contributed by atoms with van der Waals surface area (Å²) in [6.07, 6.45) is 4.12. The molecule has 1 aliphatic rings. The summed E-state index contributed by atoms with van der Waals surface area (Å²) in [6, 6.07) is 21.4. The van der Waals surface area contributed by atoms with E-state index in [2.05, 4.69) is 93.6 Å². The van der Waals surface area contributed by atoms with Gasteiger partial charge in [-0.1, -0.05) is 93.6 Å². The molecule has 1 aliphatic heterocycles. The number of ether oxygens (including phenoxy) is 2. The van der Waals surface area contributed by atoms with Crippen LogP contribution in [0.4, 0.5) is 0 Å². The van der Waals surface area contributed by atoms with Crippen molar-refractivity contribution in [2.24, 2.45) is 0 Å². The van der Waals surface area contributed by atoms with Gasteiger partial charge in [0.25, 0.3) is 8.32 Å². The summed E-state index contributed by atoms with van der Waals surface area (Å²) in [5.41, 5.74) is 0. The molecular formula is C24H32O3Si. The maximum absolute atomic E-state index is 6.83. The molecule has 1 heterocycles. The van der Waals surface area contributed by atoms with Gasteiger partial charge in [0, 0.05) is 0 Å². The van der Waals surface area contributed by atoms with Crippen LogP contribution in [0.25, 0.3) is 0 Å². The largest absolute Gasteiger partial charge is 0.404 e. The fraction of sp³-hybridized carbons (Fsp3) is 0.417. The van der Waals surface area contributed by atoms with Gasteiger partial charge in [-0.15, -0.1) is 0 Å². The molecule has 0 radical (unpaired) electrons. The molecular weight excluding hydrogens is 364 g/mol. The first-order valence-electron chi connectivity index (χ1n) is 9.98. The lowest BCUT2D eigenvalue weighted by molar-refractivity contribution is -0.133. The van der Waals surface area contributed by atoms with Gasteiger partial charge in [0.1, 0.15) is 6.10 Å². The average molecular weight is 397 g/mol. The van der Waals surface area contributed by atoms with Crippen LogP contribution in [0.3, 0.4) is 0 Å². The van der Waals surface area contributed by atoms with Crippen LogP contribution in [-0.2, 0) is 13.9 Å². The maximum atomic E-state index is 6.83. The third-order valence-electron chi connectivity index (χ3n) is 5.19. The summed E-state index contributed by atoms with van der Waals surface area (Å²) in [5.74, 6) is -0.506. The van der Waals surface area contributed by atoms with E-state index in [-0.39, 0.29) is 11.1 Å². The lowest BCUT2D eigenvalue weighted by atomic mass is 10.2. The molecule has 28 heavy (non-hydrogen) atoms. The molecule has 0 amide bonds. The molecule has 2 aromatic rings. The fourth-order valence-corrected chi connectivity index (χ4v) is 8.45. The zero-order chi connectivity index (χ0) is 20.3. The molecule has 2 aromatic carbocycles. The van der Waals surface area contributed by atoms with E-state index in [4.69, 9.17) is 13.9 Å². The summed E-state index contributed by atoms with van der Waals surface area (Å²) >= 11 is 0. The van der Waals surface area contributed by atoms with Crippen LogP contribution < -0.4 is 10.4 Å². The second-order valence-corrected chi connectivity index (χ2v) is 13.1. The van der Waals surface area contributed by atoms with Crippen molar-refractivity contribution in [1.29, 1.82) is 0 Å². The van der Waals surface area contributed by atoms with Gasteiger partial charge in [-0.2, -0.15) is 0 Å². The summed E-state index contributed by atoms with van der Waals surface area (Å²) in [6.45, 7) is 11.9. The van der Waals surface area contributed by atoms with Gasteiger partial charge in [-0.25, -0.2) is 0 Å². The van der Waals surface area contributed by atoms with Crippen LogP contribution in [-0.4, -0.2) is 33.4 Å². The Morgan fingerprint density at radius 1 is 1.00 bits per heavy atom. The molecule has 1 saturated heterocycles. The molecule has 1 atom stereocenters. The molecule has 0 spiro atoms. The summed E-state index contributed by atoms with van der Waals surface area (Å²) in [5, 5.41) is 2.57. The highest BCUT2D eigenvalue weighted by Crippen LogP contribution is 2.36. The standard InChI is InChI=1S/C24H32O3Si/c1-23(2,3)28(21-14-8-6-9-15-21,22-16-10-7-11-17-22)26-18-12-13-20-19-25-24(4,5)27-20/h6-17,20H,18-19H2,1-5H3/b13-12+/t20-/m1/s1. The van der Waals surface area contributed by atoms with Crippen molar-refractivity contribution in [2.45, 2.75) is 51.5 Å². The molecule has 0 N–H and O–H groups in total. The minimum Gasteiger partial charge on any atom is -0.404 e. The molecule has 0 aliphatic carbocycles. The van der Waals surface area contributed by atoms with Gasteiger partial charge in [-0.05, 0) is 29.3 Å². The van der Waals surface area contributed by atoms with E-state index in [9.17, 15) is 0 Å². The van der Waals surface area contributed by atoms with Crippen LogP contribution in [0.5, 0.6) is 0 Å². The van der Waals surface area contributed by atoms with Gasteiger partial charge in [0.15, 0.2) is 5.79 Å². The molecule has 0 bridgehead atoms. The predicted molar refractivity (Wildman–Crippen MR) is 118 cm³/mol. The van der Waals surface area contributed by atoms with Gasteiger partial charge >= 0.3 is 0 Å². The van der Waals surface area contributed by atoms with E-state index in [1.807, 2.05) is 13.8 Å². The van der Waals surface area contributed by atoms with E-state index < -0.39 is 14.1 Å². The Morgan fingerprint density at radius 3 is 1.96 bits per heavy atom. The average Bonchev–Trinajstić information content (AvgIpc) is 3.01. The van der Waals surface area contributed by atoms with Crippen molar-refractivity contribution in [1.82, 2.24) is 0 Å². The minimum atomic E-state index is -2.48. The van der Waals surface area contributed by atoms with Crippen molar-refractivity contribution >= 4 is 18.7 Å². The highest BCUT2D eigenvalue weighted by molar-refractivity contribution is 6.99. The third kappa shape index (κ3) is 4.46. The Balaban J connectivity index is 1.89. The van der Waals surface area contributed by atoms with E-state index in [1.165, 1.54) is 10.4 Å². The number of rotatable bonds is 6. The van der Waals surface area contributed by atoms with Crippen LogP contribution in [0.15, 0.2) is 72.8 Å². The first-order chi connectivity index (χ1) is 13.2. The Kier molecular flexibility index (Phi) is 6.25. The zero-order valence-corrected chi connectivity index (χ0v) is 18.6. The number of hydrogen-bond donors (Lipinski definition) is 0. The zero-order valence-electron chi connectivity index (χ0n) is 17.6. The minimum absolute atomic E-state index is 0.0154.